The highest BCUT2D eigenvalue weighted by molar-refractivity contribution is 5.74. The van der Waals surface area contributed by atoms with Gasteiger partial charge >= 0.3 is 12.1 Å². The second-order valence-electron chi connectivity index (χ2n) is 5.83. The van der Waals surface area contributed by atoms with Crippen LogP contribution >= 0.6 is 0 Å². The van der Waals surface area contributed by atoms with Crippen LogP contribution in [0, 0.1) is 0 Å². The summed E-state index contributed by atoms with van der Waals surface area (Å²) in [5.74, 6) is -0.761. The van der Waals surface area contributed by atoms with E-state index in [2.05, 4.69) is 0 Å². The smallest absolute Gasteiger partial charge is 0.410 e. The standard InChI is InChI=1S/C16H20N2O4/c19-15(20)14-7-4-8-18(14)13-9-17(10-13)16(21)22-11-12-5-2-1-3-6-12/h1-3,5-6,13-14H,4,7-11H2,(H,19,20)/t14-/m1/s1. The summed E-state index contributed by atoms with van der Waals surface area (Å²) in [5, 5.41) is 9.19. The van der Waals surface area contributed by atoms with E-state index in [9.17, 15) is 14.7 Å². The zero-order valence-electron chi connectivity index (χ0n) is 12.4. The Kier molecular flexibility index (Phi) is 4.29. The molecule has 2 aliphatic heterocycles. The number of hydrogen-bond donors (Lipinski definition) is 1. The van der Waals surface area contributed by atoms with Gasteiger partial charge in [-0.15, -0.1) is 0 Å². The monoisotopic (exact) mass is 304 g/mol. The van der Waals surface area contributed by atoms with Crippen LogP contribution in [0.15, 0.2) is 30.3 Å². The molecular weight excluding hydrogens is 284 g/mol. The predicted octanol–water partition coefficient (Wildman–Crippen LogP) is 1.56. The van der Waals surface area contributed by atoms with E-state index in [1.807, 2.05) is 35.2 Å². The first-order chi connectivity index (χ1) is 10.6. The van der Waals surface area contributed by atoms with Crippen molar-refractivity contribution in [1.29, 1.82) is 0 Å². The highest BCUT2D eigenvalue weighted by Gasteiger charge is 2.42. The fraction of sp³-hybridized carbons (Fsp3) is 0.500. The van der Waals surface area contributed by atoms with E-state index in [4.69, 9.17) is 4.74 Å². The lowest BCUT2D eigenvalue weighted by Gasteiger charge is -2.44. The molecule has 1 atom stereocenters. The average molecular weight is 304 g/mol. The lowest BCUT2D eigenvalue weighted by molar-refractivity contribution is -0.144. The van der Waals surface area contributed by atoms with Gasteiger partial charge < -0.3 is 14.7 Å². The number of carboxylic acids is 1. The van der Waals surface area contributed by atoms with Crippen LogP contribution in [0.2, 0.25) is 0 Å². The van der Waals surface area contributed by atoms with Crippen molar-refractivity contribution < 1.29 is 19.4 Å². The summed E-state index contributed by atoms with van der Waals surface area (Å²) in [6.45, 7) is 2.17. The molecule has 0 unspecified atom stereocenters. The minimum Gasteiger partial charge on any atom is -0.480 e. The highest BCUT2D eigenvalue weighted by Crippen LogP contribution is 2.26. The topological polar surface area (TPSA) is 70.1 Å². The molecule has 1 N–H and O–H groups in total. The molecule has 0 bridgehead atoms. The van der Waals surface area contributed by atoms with Crippen LogP contribution in [0.5, 0.6) is 0 Å². The Balaban J connectivity index is 1.45. The summed E-state index contributed by atoms with van der Waals surface area (Å²) in [5.41, 5.74) is 0.957. The van der Waals surface area contributed by atoms with E-state index >= 15 is 0 Å². The molecule has 2 aliphatic rings. The van der Waals surface area contributed by atoms with Crippen LogP contribution < -0.4 is 0 Å². The molecule has 0 spiro atoms. The number of nitrogens with zero attached hydrogens (tertiary/aromatic N) is 2. The van der Waals surface area contributed by atoms with Crippen LogP contribution in [0.1, 0.15) is 18.4 Å². The molecule has 6 nitrogen and oxygen atoms in total. The molecule has 1 aromatic rings. The molecule has 1 aromatic carbocycles. The molecule has 1 amide bonds. The highest BCUT2D eigenvalue weighted by atomic mass is 16.6. The number of rotatable bonds is 4. The summed E-state index contributed by atoms with van der Waals surface area (Å²) in [4.78, 5) is 26.8. The number of carbonyl (C=O) groups is 2. The average Bonchev–Trinajstić information content (AvgIpc) is 2.94. The van der Waals surface area contributed by atoms with Gasteiger partial charge in [0.1, 0.15) is 12.6 Å². The largest absolute Gasteiger partial charge is 0.480 e. The molecule has 3 rings (SSSR count). The van der Waals surface area contributed by atoms with Crippen LogP contribution in [-0.4, -0.2) is 58.7 Å². The Morgan fingerprint density at radius 1 is 1.23 bits per heavy atom. The number of ether oxygens (including phenoxy) is 1. The maximum absolute atomic E-state index is 11.9. The van der Waals surface area contributed by atoms with Crippen molar-refractivity contribution in [1.82, 2.24) is 9.80 Å². The Bertz CT molecular complexity index is 542. The normalized spacial score (nSPS) is 22.4. The van der Waals surface area contributed by atoms with Gasteiger partial charge in [0.05, 0.1) is 0 Å². The number of amides is 1. The molecule has 0 aromatic heterocycles. The maximum atomic E-state index is 11.9. The Hall–Kier alpha value is -2.08. The number of carboxylic acid groups (broad SMARTS) is 1. The number of aliphatic carboxylic acids is 1. The minimum atomic E-state index is -0.761. The van der Waals surface area contributed by atoms with E-state index in [-0.39, 0.29) is 18.7 Å². The van der Waals surface area contributed by atoms with Crippen molar-refractivity contribution in [2.75, 3.05) is 19.6 Å². The van der Waals surface area contributed by atoms with Gasteiger partial charge in [0, 0.05) is 19.1 Å². The molecule has 6 heteroatoms. The second kappa shape index (κ2) is 6.36. The van der Waals surface area contributed by atoms with E-state index in [1.54, 1.807) is 4.90 Å². The molecule has 118 valence electrons. The van der Waals surface area contributed by atoms with Crippen molar-refractivity contribution >= 4 is 12.1 Å². The van der Waals surface area contributed by atoms with Gasteiger partial charge in [0.15, 0.2) is 0 Å². The van der Waals surface area contributed by atoms with E-state index in [1.165, 1.54) is 0 Å². The molecule has 0 saturated carbocycles. The quantitative estimate of drug-likeness (QED) is 0.914. The lowest BCUT2D eigenvalue weighted by Crippen LogP contribution is -2.62. The van der Waals surface area contributed by atoms with Gasteiger partial charge in [0.25, 0.3) is 0 Å². The summed E-state index contributed by atoms with van der Waals surface area (Å²) in [7, 11) is 0. The maximum Gasteiger partial charge on any atom is 0.410 e. The fourth-order valence-electron chi connectivity index (χ4n) is 3.12. The summed E-state index contributed by atoms with van der Waals surface area (Å²) in [6.07, 6.45) is 1.28. The third-order valence-corrected chi connectivity index (χ3v) is 4.37. The Labute approximate surface area is 129 Å². The minimum absolute atomic E-state index is 0.146. The molecule has 2 saturated heterocycles. The van der Waals surface area contributed by atoms with Gasteiger partial charge in [-0.2, -0.15) is 0 Å². The van der Waals surface area contributed by atoms with E-state index in [0.717, 1.165) is 18.5 Å². The first kappa shape index (κ1) is 14.8. The summed E-state index contributed by atoms with van der Waals surface area (Å²) in [6, 6.07) is 9.30. The first-order valence-corrected chi connectivity index (χ1v) is 7.59. The molecule has 2 fully saturated rings. The third-order valence-electron chi connectivity index (χ3n) is 4.37. The van der Waals surface area contributed by atoms with Gasteiger partial charge in [-0.25, -0.2) is 4.79 Å². The van der Waals surface area contributed by atoms with Crippen LogP contribution in [0.3, 0.4) is 0 Å². The molecule has 2 heterocycles. The summed E-state index contributed by atoms with van der Waals surface area (Å²) >= 11 is 0. The zero-order valence-corrected chi connectivity index (χ0v) is 12.4. The number of hydrogen-bond acceptors (Lipinski definition) is 4. The van der Waals surface area contributed by atoms with Crippen molar-refractivity contribution in [3.05, 3.63) is 35.9 Å². The number of benzene rings is 1. The van der Waals surface area contributed by atoms with Gasteiger partial charge in [-0.05, 0) is 24.9 Å². The molecule has 0 radical (unpaired) electrons. The molecular formula is C16H20N2O4. The zero-order chi connectivity index (χ0) is 15.5. The van der Waals surface area contributed by atoms with Gasteiger partial charge in [-0.3, -0.25) is 9.69 Å². The van der Waals surface area contributed by atoms with E-state index < -0.39 is 12.0 Å². The Morgan fingerprint density at radius 2 is 1.95 bits per heavy atom. The van der Waals surface area contributed by atoms with Crippen molar-refractivity contribution in [2.45, 2.75) is 31.5 Å². The van der Waals surface area contributed by atoms with Crippen molar-refractivity contribution in [3.8, 4) is 0 Å². The first-order valence-electron chi connectivity index (χ1n) is 7.59. The van der Waals surface area contributed by atoms with Crippen LogP contribution in [0.25, 0.3) is 0 Å². The second-order valence-corrected chi connectivity index (χ2v) is 5.83. The van der Waals surface area contributed by atoms with Crippen LogP contribution in [-0.2, 0) is 16.1 Å². The van der Waals surface area contributed by atoms with Crippen LogP contribution in [0.4, 0.5) is 4.79 Å². The summed E-state index contributed by atoms with van der Waals surface area (Å²) < 4.78 is 5.27. The van der Waals surface area contributed by atoms with Gasteiger partial charge in [-0.1, -0.05) is 30.3 Å². The predicted molar refractivity (Wildman–Crippen MR) is 79.4 cm³/mol. The molecule has 0 aliphatic carbocycles. The Morgan fingerprint density at radius 3 is 2.64 bits per heavy atom. The van der Waals surface area contributed by atoms with E-state index in [0.29, 0.717) is 19.5 Å². The van der Waals surface area contributed by atoms with Gasteiger partial charge in [0.2, 0.25) is 0 Å². The SMILES string of the molecule is O=C(O)[C@H]1CCCN1C1CN(C(=O)OCc2ccccc2)C1. The van der Waals surface area contributed by atoms with Crippen molar-refractivity contribution in [2.24, 2.45) is 0 Å². The fourth-order valence-corrected chi connectivity index (χ4v) is 3.12. The third kappa shape index (κ3) is 3.06. The van der Waals surface area contributed by atoms with Crippen molar-refractivity contribution in [3.63, 3.8) is 0 Å². The molecule has 22 heavy (non-hydrogen) atoms. The number of carbonyl (C=O) groups excluding carboxylic acids is 1. The lowest BCUT2D eigenvalue weighted by atomic mass is 10.1. The number of likely N-dealkylation sites (tertiary alicyclic amines) is 2.